The van der Waals surface area contributed by atoms with Crippen LogP contribution in [-0.2, 0) is 5.41 Å². The molecule has 0 radical (unpaired) electrons. The minimum atomic E-state index is -0.518. The first-order valence-corrected chi connectivity index (χ1v) is 25.2. The van der Waals surface area contributed by atoms with Crippen molar-refractivity contribution < 1.29 is 0 Å². The van der Waals surface area contributed by atoms with Crippen molar-refractivity contribution in [1.82, 2.24) is 4.57 Å². The SMILES string of the molecule is c1ccc(-c2ccc3cc(N(c4ccc(-c5ccc(-c6ccc7c(c6)c6ccccc6n7-c6ccccc6)cc5)cc4)c4ccc5c(c4)C(c4ccccc4)(c4ccccc4)c4ccccc4-5)ccc3c2)cc1. The standard InChI is InChI=1S/C71H48N2/c1-5-17-49(18-6-1)53-33-34-55-46-61(41-37-54(55)45-53)72(62-42-43-64-63-25-13-15-27-67(63)71(68(64)48-62,57-19-7-2-8-20-57)58-21-9-3-10-22-58)60-39-35-51(36-40-60)50-29-31-52(32-30-50)56-38-44-70-66(47-56)65-26-14-16-28-69(65)73(70)59-23-11-4-12-24-59/h1-48H. The van der Waals surface area contributed by atoms with Crippen LogP contribution in [0.15, 0.2) is 291 Å². The molecule has 1 aliphatic rings. The Bertz CT molecular complexity index is 4120. The Morgan fingerprint density at radius 2 is 0.740 bits per heavy atom. The smallest absolute Gasteiger partial charge is 0.0714 e. The molecule has 0 unspecified atom stereocenters. The van der Waals surface area contributed by atoms with Gasteiger partial charge in [-0.3, -0.25) is 0 Å². The third kappa shape index (κ3) is 7.02. The normalized spacial score (nSPS) is 12.5. The summed E-state index contributed by atoms with van der Waals surface area (Å²) in [5, 5.41) is 4.91. The van der Waals surface area contributed by atoms with Crippen molar-refractivity contribution >= 4 is 49.6 Å². The van der Waals surface area contributed by atoms with E-state index in [0.717, 1.165) is 17.1 Å². The number of aromatic nitrogens is 1. The molecule has 2 nitrogen and oxygen atoms in total. The predicted molar refractivity (Wildman–Crippen MR) is 307 cm³/mol. The average Bonchev–Trinajstić information content (AvgIpc) is 3.96. The van der Waals surface area contributed by atoms with Gasteiger partial charge in [-0.2, -0.15) is 0 Å². The highest BCUT2D eigenvalue weighted by atomic mass is 15.1. The molecule has 2 heteroatoms. The molecule has 0 saturated heterocycles. The second kappa shape index (κ2) is 17.4. The number of rotatable bonds is 9. The summed E-state index contributed by atoms with van der Waals surface area (Å²) in [5.41, 5.74) is 21.1. The van der Waals surface area contributed by atoms with Crippen LogP contribution in [0, 0.1) is 0 Å². The van der Waals surface area contributed by atoms with E-state index in [9.17, 15) is 0 Å². The molecular weight excluding hydrogens is 881 g/mol. The predicted octanol–water partition coefficient (Wildman–Crippen LogP) is 18.8. The molecular formula is C71H48N2. The molecule has 0 amide bonds. The van der Waals surface area contributed by atoms with Gasteiger partial charge in [-0.1, -0.05) is 218 Å². The molecule has 0 spiro atoms. The van der Waals surface area contributed by atoms with E-state index in [-0.39, 0.29) is 0 Å². The summed E-state index contributed by atoms with van der Waals surface area (Å²) in [5.74, 6) is 0. The maximum Gasteiger partial charge on any atom is 0.0714 e. The van der Waals surface area contributed by atoms with E-state index in [2.05, 4.69) is 301 Å². The minimum absolute atomic E-state index is 0.518. The number of hydrogen-bond acceptors (Lipinski definition) is 1. The van der Waals surface area contributed by atoms with E-state index >= 15 is 0 Å². The van der Waals surface area contributed by atoms with Gasteiger partial charge in [0, 0.05) is 33.5 Å². The number of hydrogen-bond donors (Lipinski definition) is 0. The van der Waals surface area contributed by atoms with Gasteiger partial charge in [-0.05, 0) is 150 Å². The fourth-order valence-electron chi connectivity index (χ4n) is 11.9. The van der Waals surface area contributed by atoms with Crippen LogP contribution in [0.5, 0.6) is 0 Å². The lowest BCUT2D eigenvalue weighted by molar-refractivity contribution is 0.768. The summed E-state index contributed by atoms with van der Waals surface area (Å²) in [7, 11) is 0. The third-order valence-corrected chi connectivity index (χ3v) is 15.3. The lowest BCUT2D eigenvalue weighted by Crippen LogP contribution is -2.28. The molecule has 13 aromatic rings. The van der Waals surface area contributed by atoms with Crippen molar-refractivity contribution in [2.24, 2.45) is 0 Å². The molecule has 0 fully saturated rings. The van der Waals surface area contributed by atoms with Crippen LogP contribution in [0.25, 0.3) is 82.8 Å². The van der Waals surface area contributed by atoms with Gasteiger partial charge < -0.3 is 9.47 Å². The number of fused-ring (bicyclic) bond motifs is 7. The Balaban J connectivity index is 0.867. The van der Waals surface area contributed by atoms with E-state index in [4.69, 9.17) is 0 Å². The van der Waals surface area contributed by atoms with E-state index in [1.54, 1.807) is 0 Å². The Labute approximate surface area is 426 Å². The summed E-state index contributed by atoms with van der Waals surface area (Å²) in [6.45, 7) is 0. The van der Waals surface area contributed by atoms with E-state index in [1.807, 2.05) is 0 Å². The van der Waals surface area contributed by atoms with Crippen LogP contribution < -0.4 is 4.90 Å². The summed E-state index contributed by atoms with van der Waals surface area (Å²) in [6.07, 6.45) is 0. The third-order valence-electron chi connectivity index (χ3n) is 15.3. The zero-order valence-corrected chi connectivity index (χ0v) is 40.1. The average molecular weight is 929 g/mol. The number of para-hydroxylation sites is 2. The van der Waals surface area contributed by atoms with Gasteiger partial charge in [0.1, 0.15) is 0 Å². The van der Waals surface area contributed by atoms with Crippen LogP contribution in [-0.4, -0.2) is 4.57 Å². The highest BCUT2D eigenvalue weighted by Gasteiger charge is 2.46. The molecule has 1 aliphatic carbocycles. The lowest BCUT2D eigenvalue weighted by Gasteiger charge is -2.35. The lowest BCUT2D eigenvalue weighted by atomic mass is 9.67. The Kier molecular flexibility index (Phi) is 10.1. The van der Waals surface area contributed by atoms with E-state index in [1.165, 1.54) is 105 Å². The van der Waals surface area contributed by atoms with Crippen LogP contribution in [0.4, 0.5) is 17.1 Å². The maximum atomic E-state index is 2.46. The highest BCUT2D eigenvalue weighted by Crippen LogP contribution is 2.57. The molecule has 342 valence electrons. The van der Waals surface area contributed by atoms with Gasteiger partial charge in [0.2, 0.25) is 0 Å². The summed E-state index contributed by atoms with van der Waals surface area (Å²) in [6, 6.07) is 107. The van der Waals surface area contributed by atoms with Crippen molar-refractivity contribution in [3.8, 4) is 50.2 Å². The summed E-state index contributed by atoms with van der Waals surface area (Å²) >= 11 is 0. The van der Waals surface area contributed by atoms with Gasteiger partial charge >= 0.3 is 0 Å². The van der Waals surface area contributed by atoms with Gasteiger partial charge in [0.15, 0.2) is 0 Å². The fourth-order valence-corrected chi connectivity index (χ4v) is 11.9. The topological polar surface area (TPSA) is 8.17 Å². The van der Waals surface area contributed by atoms with Gasteiger partial charge in [0.05, 0.1) is 16.4 Å². The minimum Gasteiger partial charge on any atom is -0.310 e. The van der Waals surface area contributed by atoms with Crippen LogP contribution in [0.3, 0.4) is 0 Å². The van der Waals surface area contributed by atoms with Crippen molar-refractivity contribution in [3.05, 3.63) is 313 Å². The second-order valence-electron chi connectivity index (χ2n) is 19.2. The van der Waals surface area contributed by atoms with Crippen LogP contribution in [0.2, 0.25) is 0 Å². The molecule has 0 aliphatic heterocycles. The Morgan fingerprint density at radius 1 is 0.274 bits per heavy atom. The molecule has 1 aromatic heterocycles. The first kappa shape index (κ1) is 42.4. The quantitative estimate of drug-likeness (QED) is 0.140. The molecule has 0 N–H and O–H groups in total. The largest absolute Gasteiger partial charge is 0.310 e. The van der Waals surface area contributed by atoms with E-state index in [0.29, 0.717) is 0 Å². The second-order valence-corrected chi connectivity index (χ2v) is 19.2. The highest BCUT2D eigenvalue weighted by molar-refractivity contribution is 6.10. The zero-order chi connectivity index (χ0) is 48.3. The van der Waals surface area contributed by atoms with Crippen LogP contribution in [0.1, 0.15) is 22.3 Å². The monoisotopic (exact) mass is 928 g/mol. The van der Waals surface area contributed by atoms with E-state index < -0.39 is 5.41 Å². The fraction of sp³-hybridized carbons (Fsp3) is 0.0141. The van der Waals surface area contributed by atoms with Crippen molar-refractivity contribution in [2.75, 3.05) is 4.90 Å². The van der Waals surface area contributed by atoms with Crippen LogP contribution >= 0.6 is 0 Å². The maximum absolute atomic E-state index is 2.46. The molecule has 73 heavy (non-hydrogen) atoms. The van der Waals surface area contributed by atoms with Gasteiger partial charge in [0.25, 0.3) is 0 Å². The van der Waals surface area contributed by atoms with Crippen molar-refractivity contribution in [3.63, 3.8) is 0 Å². The first-order valence-electron chi connectivity index (χ1n) is 25.2. The molecule has 0 bridgehead atoms. The molecule has 1 heterocycles. The molecule has 0 atom stereocenters. The summed E-state index contributed by atoms with van der Waals surface area (Å²) in [4.78, 5) is 2.44. The molecule has 14 rings (SSSR count). The van der Waals surface area contributed by atoms with Gasteiger partial charge in [-0.15, -0.1) is 0 Å². The zero-order valence-electron chi connectivity index (χ0n) is 40.1. The van der Waals surface area contributed by atoms with Crippen molar-refractivity contribution in [1.29, 1.82) is 0 Å². The first-order chi connectivity index (χ1) is 36.2. The molecule has 0 saturated carbocycles. The number of benzene rings is 12. The number of anilines is 3. The van der Waals surface area contributed by atoms with Crippen molar-refractivity contribution in [2.45, 2.75) is 5.41 Å². The van der Waals surface area contributed by atoms with Gasteiger partial charge in [-0.25, -0.2) is 0 Å². The molecule has 12 aromatic carbocycles. The number of nitrogens with zero attached hydrogens (tertiary/aromatic N) is 2. The Hall–Kier alpha value is -9.50. The Morgan fingerprint density at radius 3 is 1.47 bits per heavy atom. The summed E-state index contributed by atoms with van der Waals surface area (Å²) < 4.78 is 2.37.